The van der Waals surface area contributed by atoms with Gasteiger partial charge in [-0.1, -0.05) is 6.07 Å². The third-order valence-corrected chi connectivity index (χ3v) is 8.52. The minimum absolute atomic E-state index is 0.00878. The van der Waals surface area contributed by atoms with E-state index in [1.54, 1.807) is 28.8 Å². The lowest BCUT2D eigenvalue weighted by Gasteiger charge is -2.46. The number of ether oxygens (including phenoxy) is 1. The van der Waals surface area contributed by atoms with E-state index in [1.165, 1.54) is 0 Å². The Morgan fingerprint density at radius 3 is 2.52 bits per heavy atom. The second-order valence-corrected chi connectivity index (χ2v) is 11.0. The first kappa shape index (κ1) is 18.9. The van der Waals surface area contributed by atoms with Gasteiger partial charge in [0.15, 0.2) is 0 Å². The fraction of sp³-hybridized carbons (Fsp3) is 0.450. The molecule has 4 rings (SSSR count). The van der Waals surface area contributed by atoms with Crippen LogP contribution in [0.15, 0.2) is 47.6 Å². The largest absolute Gasteiger partial charge is 0.373 e. The first-order chi connectivity index (χ1) is 12.9. The molecular formula is C20H24N2O3S2. The van der Waals surface area contributed by atoms with Crippen LogP contribution in [0.2, 0.25) is 0 Å². The van der Waals surface area contributed by atoms with Crippen LogP contribution in [0.4, 0.5) is 0 Å². The number of aromatic nitrogens is 1. The van der Waals surface area contributed by atoms with Gasteiger partial charge in [0.25, 0.3) is 0 Å². The molecule has 7 heteroatoms. The van der Waals surface area contributed by atoms with Gasteiger partial charge in [-0.15, -0.1) is 11.8 Å². The van der Waals surface area contributed by atoms with E-state index in [9.17, 15) is 8.42 Å². The number of hydrogen-bond donors (Lipinski definition) is 0. The van der Waals surface area contributed by atoms with Gasteiger partial charge in [0.05, 0.1) is 17.6 Å². The van der Waals surface area contributed by atoms with E-state index in [1.807, 2.05) is 43.8 Å². The number of rotatable bonds is 5. The topological polar surface area (TPSA) is 59.5 Å². The summed E-state index contributed by atoms with van der Waals surface area (Å²) in [5.74, 6) is 0.919. The van der Waals surface area contributed by atoms with Crippen molar-refractivity contribution >= 4 is 21.8 Å². The smallest absolute Gasteiger partial charge is 0.243 e. The zero-order valence-corrected chi connectivity index (χ0v) is 17.2. The van der Waals surface area contributed by atoms with Gasteiger partial charge in [-0.3, -0.25) is 4.98 Å². The van der Waals surface area contributed by atoms with Crippen LogP contribution in [-0.2, 0) is 21.4 Å². The second kappa shape index (κ2) is 7.20. The predicted octanol–water partition coefficient (Wildman–Crippen LogP) is 3.16. The molecule has 0 saturated carbocycles. The molecule has 0 radical (unpaired) electrons. The highest BCUT2D eigenvalue weighted by Gasteiger charge is 2.53. The highest BCUT2D eigenvalue weighted by atomic mass is 32.2. The zero-order chi connectivity index (χ0) is 19.1. The average Bonchev–Trinajstić information content (AvgIpc) is 3.04. The third kappa shape index (κ3) is 3.92. The molecule has 2 aromatic rings. The van der Waals surface area contributed by atoms with Gasteiger partial charge >= 0.3 is 0 Å². The maximum absolute atomic E-state index is 12.9. The highest BCUT2D eigenvalue weighted by molar-refractivity contribution is 8.01. The highest BCUT2D eigenvalue weighted by Crippen LogP contribution is 2.47. The van der Waals surface area contributed by atoms with Gasteiger partial charge in [0.1, 0.15) is 0 Å². The average molecular weight is 405 g/mol. The van der Waals surface area contributed by atoms with Crippen LogP contribution in [0.25, 0.3) is 0 Å². The van der Waals surface area contributed by atoms with E-state index >= 15 is 0 Å². The molecule has 0 N–H and O–H groups in total. The van der Waals surface area contributed by atoms with Gasteiger partial charge in [-0.2, -0.15) is 4.31 Å². The molecule has 27 heavy (non-hydrogen) atoms. The van der Waals surface area contributed by atoms with Gasteiger partial charge < -0.3 is 4.74 Å². The van der Waals surface area contributed by atoms with Crippen LogP contribution >= 0.6 is 11.8 Å². The molecule has 5 nitrogen and oxygen atoms in total. The van der Waals surface area contributed by atoms with Gasteiger partial charge in [0.2, 0.25) is 10.0 Å². The van der Waals surface area contributed by atoms with Gasteiger partial charge in [0, 0.05) is 36.0 Å². The Balaban J connectivity index is 1.36. The number of thioether (sulfide) groups is 1. The molecule has 3 heterocycles. The van der Waals surface area contributed by atoms with E-state index < -0.39 is 10.0 Å². The van der Waals surface area contributed by atoms with Crippen molar-refractivity contribution in [2.75, 3.05) is 18.8 Å². The van der Waals surface area contributed by atoms with E-state index in [4.69, 9.17) is 4.74 Å². The van der Waals surface area contributed by atoms with Crippen molar-refractivity contribution in [3.63, 3.8) is 0 Å². The molecular weight excluding hydrogens is 380 g/mol. The van der Waals surface area contributed by atoms with Crippen LogP contribution < -0.4 is 0 Å². The summed E-state index contributed by atoms with van der Waals surface area (Å²) in [6, 6.07) is 9.43. The predicted molar refractivity (Wildman–Crippen MR) is 107 cm³/mol. The lowest BCUT2D eigenvalue weighted by atomic mass is 9.95. The molecule has 1 spiro atoms. The lowest BCUT2D eigenvalue weighted by Crippen LogP contribution is -2.60. The fourth-order valence-corrected chi connectivity index (χ4v) is 7.34. The molecule has 1 atom stereocenters. The van der Waals surface area contributed by atoms with E-state index in [0.29, 0.717) is 24.6 Å². The minimum atomic E-state index is -3.41. The summed E-state index contributed by atoms with van der Waals surface area (Å²) >= 11 is 1.85. The van der Waals surface area contributed by atoms with Crippen molar-refractivity contribution in [3.05, 3.63) is 59.4 Å². The summed E-state index contributed by atoms with van der Waals surface area (Å²) in [6.07, 6.45) is 4.62. The Hall–Kier alpha value is -1.41. The van der Waals surface area contributed by atoms with Crippen molar-refractivity contribution < 1.29 is 13.2 Å². The number of pyridine rings is 1. The quantitative estimate of drug-likeness (QED) is 0.766. The zero-order valence-electron chi connectivity index (χ0n) is 15.6. The number of nitrogens with zero attached hydrogens (tertiary/aromatic N) is 2. The Labute approximate surface area is 165 Å². The molecule has 0 bridgehead atoms. The summed E-state index contributed by atoms with van der Waals surface area (Å²) < 4.78 is 33.5. The first-order valence-corrected chi connectivity index (χ1v) is 11.5. The third-order valence-electron chi connectivity index (χ3n) is 5.17. The van der Waals surface area contributed by atoms with Gasteiger partial charge in [-0.25, -0.2) is 8.42 Å². The maximum atomic E-state index is 12.9. The Bertz CT molecular complexity index is 905. The summed E-state index contributed by atoms with van der Waals surface area (Å²) in [5, 5.41) is 0. The van der Waals surface area contributed by atoms with Gasteiger partial charge in [-0.05, 0) is 61.2 Å². The van der Waals surface area contributed by atoms with Crippen molar-refractivity contribution in [2.24, 2.45) is 0 Å². The van der Waals surface area contributed by atoms with E-state index in [-0.39, 0.29) is 10.9 Å². The fourth-order valence-electron chi connectivity index (χ4n) is 3.82. The molecule has 0 amide bonds. The monoisotopic (exact) mass is 404 g/mol. The van der Waals surface area contributed by atoms with Crippen molar-refractivity contribution in [1.82, 2.24) is 9.29 Å². The second-order valence-electron chi connectivity index (χ2n) is 7.58. The number of benzene rings is 1. The number of hydrogen-bond acceptors (Lipinski definition) is 5. The Kier molecular flexibility index (Phi) is 5.05. The molecule has 144 valence electrons. The van der Waals surface area contributed by atoms with E-state index in [2.05, 4.69) is 4.98 Å². The summed E-state index contributed by atoms with van der Waals surface area (Å²) in [7, 11) is -3.41. The molecule has 2 aliphatic rings. The normalized spacial score (nSPS) is 22.1. The summed E-state index contributed by atoms with van der Waals surface area (Å²) in [4.78, 5) is 4.42. The molecule has 2 saturated heterocycles. The van der Waals surface area contributed by atoms with Crippen molar-refractivity contribution in [2.45, 2.75) is 42.6 Å². The maximum Gasteiger partial charge on any atom is 0.243 e. The summed E-state index contributed by atoms with van der Waals surface area (Å²) in [6.45, 7) is 5.58. The van der Waals surface area contributed by atoms with Crippen LogP contribution in [0.5, 0.6) is 0 Å². The summed E-state index contributed by atoms with van der Waals surface area (Å²) in [5.41, 5.74) is 3.07. The number of aryl methyl sites for hydroxylation is 2. The lowest BCUT2D eigenvalue weighted by molar-refractivity contribution is 0.0397. The van der Waals surface area contributed by atoms with Crippen molar-refractivity contribution in [3.8, 4) is 0 Å². The number of sulfonamides is 1. The molecule has 0 unspecified atom stereocenters. The minimum Gasteiger partial charge on any atom is -0.373 e. The van der Waals surface area contributed by atoms with Crippen LogP contribution in [-0.4, -0.2) is 47.4 Å². The molecule has 1 aromatic heterocycles. The standard InChI is InChI=1S/C20H24N2O3S2/c1-15-7-16(2)9-19(8-15)27(23,24)22-13-20(14-22)10-18(12-26-20)25-11-17-3-5-21-6-4-17/h3-9,18H,10-14H2,1-2H3/t18-/m1/s1. The molecule has 2 aliphatic heterocycles. The van der Waals surface area contributed by atoms with Crippen LogP contribution in [0.1, 0.15) is 23.1 Å². The molecule has 0 aliphatic carbocycles. The SMILES string of the molecule is Cc1cc(C)cc(S(=O)(=O)N2CC3(C[C@@H](OCc4ccncc4)CS3)C2)c1. The molecule has 1 aromatic carbocycles. The van der Waals surface area contributed by atoms with E-state index in [0.717, 1.165) is 28.9 Å². The Morgan fingerprint density at radius 1 is 1.19 bits per heavy atom. The molecule has 2 fully saturated rings. The first-order valence-electron chi connectivity index (χ1n) is 9.09. The van der Waals surface area contributed by atoms with Crippen LogP contribution in [0.3, 0.4) is 0 Å². The Morgan fingerprint density at radius 2 is 1.85 bits per heavy atom. The van der Waals surface area contributed by atoms with Crippen molar-refractivity contribution in [1.29, 1.82) is 0 Å². The van der Waals surface area contributed by atoms with Crippen LogP contribution in [0, 0.1) is 13.8 Å².